The second kappa shape index (κ2) is 6.36. The number of hydrogen-bond acceptors (Lipinski definition) is 8. The van der Waals surface area contributed by atoms with E-state index in [4.69, 9.17) is 15.2 Å². The maximum Gasteiger partial charge on any atom is 0.357 e. The zero-order valence-electron chi connectivity index (χ0n) is 14.4. The largest absolute Gasteiger partial charge is 0.465 e. The van der Waals surface area contributed by atoms with Crippen LogP contribution in [0, 0.1) is 0 Å². The van der Waals surface area contributed by atoms with E-state index >= 15 is 0 Å². The summed E-state index contributed by atoms with van der Waals surface area (Å²) < 4.78 is 10.6. The Morgan fingerprint density at radius 3 is 2.59 bits per heavy atom. The lowest BCUT2D eigenvalue weighted by molar-refractivity contribution is 0.0551. The number of aromatic amines is 1. The highest BCUT2D eigenvalue weighted by Crippen LogP contribution is 2.39. The number of esters is 2. The van der Waals surface area contributed by atoms with Gasteiger partial charge in [-0.25, -0.2) is 14.6 Å². The minimum atomic E-state index is -0.796. The number of thiophene rings is 1. The van der Waals surface area contributed by atoms with Crippen LogP contribution in [0.25, 0.3) is 31.7 Å². The predicted molar refractivity (Wildman–Crippen MR) is 102 cm³/mol. The van der Waals surface area contributed by atoms with Crippen LogP contribution >= 0.6 is 11.3 Å². The van der Waals surface area contributed by atoms with Crippen molar-refractivity contribution in [2.24, 2.45) is 0 Å². The molecule has 0 amide bonds. The lowest BCUT2D eigenvalue weighted by atomic mass is 10.1. The second-order valence-electron chi connectivity index (χ2n) is 5.68. The number of nitrogens with zero attached hydrogens (tertiary/aromatic N) is 2. The van der Waals surface area contributed by atoms with Crippen LogP contribution in [0.1, 0.15) is 20.8 Å². The zero-order chi connectivity index (χ0) is 19.1. The number of anilines is 1. The number of carbonyl (C=O) groups excluding carboxylic acids is 2. The van der Waals surface area contributed by atoms with E-state index in [1.807, 2.05) is 30.3 Å². The fourth-order valence-corrected chi connectivity index (χ4v) is 3.98. The Balaban J connectivity index is 2.01. The first kappa shape index (κ1) is 17.0. The van der Waals surface area contributed by atoms with Crippen LogP contribution in [0.5, 0.6) is 0 Å². The highest BCUT2D eigenvalue weighted by Gasteiger charge is 2.28. The van der Waals surface area contributed by atoms with Gasteiger partial charge >= 0.3 is 11.9 Å². The molecule has 0 spiro atoms. The number of benzene rings is 1. The Morgan fingerprint density at radius 1 is 1.15 bits per heavy atom. The van der Waals surface area contributed by atoms with E-state index in [0.717, 1.165) is 15.0 Å². The monoisotopic (exact) mass is 382 g/mol. The van der Waals surface area contributed by atoms with Crippen molar-refractivity contribution in [3.05, 3.63) is 41.6 Å². The Labute approximate surface area is 156 Å². The molecule has 0 radical (unpaired) electrons. The van der Waals surface area contributed by atoms with Crippen LogP contribution in [0.2, 0.25) is 0 Å². The summed E-state index contributed by atoms with van der Waals surface area (Å²) in [4.78, 5) is 29.4. The van der Waals surface area contributed by atoms with Gasteiger partial charge in [0.15, 0.2) is 11.3 Å². The van der Waals surface area contributed by atoms with E-state index in [0.29, 0.717) is 11.1 Å². The highest BCUT2D eigenvalue weighted by molar-refractivity contribution is 7.22. The summed E-state index contributed by atoms with van der Waals surface area (Å²) in [6.45, 7) is 0. The van der Waals surface area contributed by atoms with E-state index < -0.39 is 11.9 Å². The molecular weight excluding hydrogens is 368 g/mol. The van der Waals surface area contributed by atoms with Gasteiger partial charge in [0.1, 0.15) is 5.56 Å². The van der Waals surface area contributed by atoms with Gasteiger partial charge in [0.05, 0.1) is 35.9 Å². The van der Waals surface area contributed by atoms with Crippen molar-refractivity contribution in [1.82, 2.24) is 15.2 Å². The first-order valence-electron chi connectivity index (χ1n) is 7.88. The quantitative estimate of drug-likeness (QED) is 0.523. The summed E-state index contributed by atoms with van der Waals surface area (Å²) in [6.07, 6.45) is 0. The lowest BCUT2D eigenvalue weighted by Crippen LogP contribution is -2.16. The maximum atomic E-state index is 12.3. The molecule has 27 heavy (non-hydrogen) atoms. The van der Waals surface area contributed by atoms with Gasteiger partial charge in [-0.05, 0) is 17.5 Å². The van der Waals surface area contributed by atoms with Gasteiger partial charge in [0.25, 0.3) is 0 Å². The fourth-order valence-electron chi connectivity index (χ4n) is 2.92. The molecule has 4 rings (SSSR count). The smallest absolute Gasteiger partial charge is 0.357 e. The number of nitrogen functional groups attached to an aromatic ring is 1. The van der Waals surface area contributed by atoms with Gasteiger partial charge in [0, 0.05) is 4.70 Å². The van der Waals surface area contributed by atoms with E-state index in [1.54, 1.807) is 11.3 Å². The van der Waals surface area contributed by atoms with Crippen molar-refractivity contribution in [1.29, 1.82) is 0 Å². The maximum absolute atomic E-state index is 12.3. The van der Waals surface area contributed by atoms with Crippen LogP contribution in [0.3, 0.4) is 0 Å². The molecular formula is C18H14N4O4S. The molecule has 9 heteroatoms. The number of pyridine rings is 1. The SMILES string of the molecule is COC(=O)c1nc2n[nH]c(-c3cc4ccccc4s3)c2c(N)c1C(=O)OC. The average Bonchev–Trinajstić information content (AvgIpc) is 3.30. The summed E-state index contributed by atoms with van der Waals surface area (Å²) in [5.41, 5.74) is 6.79. The molecule has 0 unspecified atom stereocenters. The van der Waals surface area contributed by atoms with E-state index in [2.05, 4.69) is 15.2 Å². The fraction of sp³-hybridized carbons (Fsp3) is 0.111. The van der Waals surface area contributed by atoms with Crippen LogP contribution in [-0.4, -0.2) is 41.3 Å². The third kappa shape index (κ3) is 2.59. The number of nitrogens with one attached hydrogen (secondary N) is 1. The summed E-state index contributed by atoms with van der Waals surface area (Å²) in [7, 11) is 2.40. The normalized spacial score (nSPS) is 11.0. The number of fused-ring (bicyclic) bond motifs is 2. The molecule has 4 aromatic rings. The molecule has 0 fully saturated rings. The predicted octanol–water partition coefficient (Wildman–Crippen LogP) is 3.00. The topological polar surface area (TPSA) is 120 Å². The number of rotatable bonds is 3. The molecule has 0 aliphatic carbocycles. The minimum absolute atomic E-state index is 0.0634. The van der Waals surface area contributed by atoms with E-state index in [9.17, 15) is 9.59 Å². The van der Waals surface area contributed by atoms with Crippen LogP contribution < -0.4 is 5.73 Å². The Kier molecular flexibility index (Phi) is 4.00. The van der Waals surface area contributed by atoms with Gasteiger partial charge in [-0.2, -0.15) is 5.10 Å². The van der Waals surface area contributed by atoms with Crippen molar-refractivity contribution >= 4 is 50.1 Å². The summed E-state index contributed by atoms with van der Waals surface area (Å²) >= 11 is 1.55. The van der Waals surface area contributed by atoms with Crippen molar-refractivity contribution in [3.63, 3.8) is 0 Å². The Morgan fingerprint density at radius 2 is 1.89 bits per heavy atom. The average molecular weight is 382 g/mol. The van der Waals surface area contributed by atoms with E-state index in [1.165, 1.54) is 14.2 Å². The first-order chi connectivity index (χ1) is 13.0. The van der Waals surface area contributed by atoms with Crippen LogP contribution in [0.15, 0.2) is 30.3 Å². The number of aromatic nitrogens is 3. The Bertz CT molecular complexity index is 1180. The second-order valence-corrected chi connectivity index (χ2v) is 6.76. The summed E-state index contributed by atoms with van der Waals surface area (Å²) in [5, 5.41) is 8.60. The molecule has 3 N–H and O–H groups in total. The summed E-state index contributed by atoms with van der Waals surface area (Å²) in [5.74, 6) is -1.57. The molecule has 0 aliphatic rings. The molecule has 3 aromatic heterocycles. The minimum Gasteiger partial charge on any atom is -0.465 e. The first-order valence-corrected chi connectivity index (χ1v) is 8.70. The van der Waals surface area contributed by atoms with Gasteiger partial charge in [-0.15, -0.1) is 11.3 Å². The number of ether oxygens (including phenoxy) is 2. The van der Waals surface area contributed by atoms with Crippen molar-refractivity contribution < 1.29 is 19.1 Å². The molecule has 136 valence electrons. The standard InChI is InChI=1S/C18H14N4O4S/c1-25-17(23)12-13(19)11-14(10-7-8-5-3-4-6-9(8)27-10)21-22-16(11)20-15(12)18(24)26-2/h3-7H,1-2H3,(H3,19,20,21,22). The summed E-state index contributed by atoms with van der Waals surface area (Å²) in [6, 6.07) is 9.93. The number of nitrogens with two attached hydrogens (primary N) is 1. The number of methoxy groups -OCH3 is 2. The third-order valence-electron chi connectivity index (χ3n) is 4.18. The molecule has 0 saturated heterocycles. The molecule has 8 nitrogen and oxygen atoms in total. The number of H-pyrrole nitrogens is 1. The highest BCUT2D eigenvalue weighted by atomic mass is 32.1. The zero-order valence-corrected chi connectivity index (χ0v) is 15.2. The lowest BCUT2D eigenvalue weighted by Gasteiger charge is -2.09. The van der Waals surface area contributed by atoms with Crippen molar-refractivity contribution in [2.75, 3.05) is 20.0 Å². The van der Waals surface area contributed by atoms with Crippen LogP contribution in [0.4, 0.5) is 5.69 Å². The number of carbonyl (C=O) groups is 2. The molecule has 0 atom stereocenters. The van der Waals surface area contributed by atoms with Crippen molar-refractivity contribution in [2.45, 2.75) is 0 Å². The molecule has 0 saturated carbocycles. The molecule has 3 heterocycles. The van der Waals surface area contributed by atoms with Gasteiger partial charge < -0.3 is 15.2 Å². The van der Waals surface area contributed by atoms with Crippen LogP contribution in [-0.2, 0) is 9.47 Å². The van der Waals surface area contributed by atoms with E-state index in [-0.39, 0.29) is 22.6 Å². The molecule has 0 aliphatic heterocycles. The number of hydrogen-bond donors (Lipinski definition) is 2. The van der Waals surface area contributed by atoms with Crippen molar-refractivity contribution in [3.8, 4) is 10.6 Å². The third-order valence-corrected chi connectivity index (χ3v) is 5.31. The van der Waals surface area contributed by atoms with Gasteiger partial charge in [0.2, 0.25) is 0 Å². The Hall–Kier alpha value is -3.46. The molecule has 1 aromatic carbocycles. The van der Waals surface area contributed by atoms with Gasteiger partial charge in [-0.3, -0.25) is 5.10 Å². The van der Waals surface area contributed by atoms with Gasteiger partial charge in [-0.1, -0.05) is 18.2 Å². The molecule has 0 bridgehead atoms.